The van der Waals surface area contributed by atoms with Crippen LogP contribution in [0.3, 0.4) is 0 Å². The lowest BCUT2D eigenvalue weighted by Crippen LogP contribution is -2.37. The number of carbonyl (C=O) groups is 1. The first-order valence-corrected chi connectivity index (χ1v) is 9.14. The second-order valence-corrected chi connectivity index (χ2v) is 6.90. The third-order valence-electron chi connectivity index (χ3n) is 4.69. The van der Waals surface area contributed by atoms with Crippen molar-refractivity contribution in [2.75, 3.05) is 19.7 Å². The number of carbonyl (C=O) groups excluding carboxylic acids is 1. The molecule has 1 fully saturated rings. The average Bonchev–Trinajstić information content (AvgIpc) is 3.16. The van der Waals surface area contributed by atoms with E-state index in [1.54, 1.807) is 36.1 Å². The maximum Gasteiger partial charge on any atom is 0.257 e. The Morgan fingerprint density at radius 2 is 1.88 bits per heavy atom. The van der Waals surface area contributed by atoms with E-state index in [9.17, 15) is 14.7 Å². The monoisotopic (exact) mass is 375 g/mol. The zero-order valence-electron chi connectivity index (χ0n) is 14.7. The molecule has 0 unspecified atom stereocenters. The molecule has 138 valence electrons. The number of aliphatic hydroxyl groups excluding tert-OH is 1. The number of aromatic nitrogens is 2. The number of hydrogen-bond donors (Lipinski definition) is 1. The first-order valence-electron chi connectivity index (χ1n) is 8.76. The molecule has 6 nitrogen and oxygen atoms in total. The van der Waals surface area contributed by atoms with Gasteiger partial charge in [-0.1, -0.05) is 11.6 Å². The number of aliphatic hydroxyl groups is 1. The second-order valence-electron chi connectivity index (χ2n) is 6.46. The van der Waals surface area contributed by atoms with Crippen LogP contribution in [0.15, 0.2) is 29.1 Å². The summed E-state index contributed by atoms with van der Waals surface area (Å²) in [5.74, 6) is 0.360. The van der Waals surface area contributed by atoms with Gasteiger partial charge in [0.05, 0.1) is 0 Å². The normalized spacial score (nSPS) is 14.0. The summed E-state index contributed by atoms with van der Waals surface area (Å²) in [6, 6.07) is 7.03. The van der Waals surface area contributed by atoms with Crippen LogP contribution in [-0.4, -0.2) is 45.2 Å². The number of rotatable bonds is 5. The highest BCUT2D eigenvalue weighted by Crippen LogP contribution is 2.21. The number of likely N-dealkylation sites (tertiary alicyclic amines) is 1. The molecular formula is C19H22ClN3O3. The minimum atomic E-state index is -0.274. The molecular weight excluding hydrogens is 354 g/mol. The average molecular weight is 376 g/mol. The Bertz CT molecular complexity index is 856. The number of amides is 1. The fourth-order valence-corrected chi connectivity index (χ4v) is 3.39. The summed E-state index contributed by atoms with van der Waals surface area (Å²) >= 11 is 5.96. The fraction of sp³-hybridized carbons (Fsp3) is 0.421. The maximum atomic E-state index is 13.0. The Morgan fingerprint density at radius 1 is 1.23 bits per heavy atom. The van der Waals surface area contributed by atoms with Crippen LogP contribution in [0, 0.1) is 6.92 Å². The first kappa shape index (κ1) is 18.6. The van der Waals surface area contributed by atoms with Gasteiger partial charge >= 0.3 is 0 Å². The standard InChI is InChI=1S/C19H22ClN3O3/c1-13-16(8-11-24)19(26)23(12-17(25)22-9-2-3-10-22)18(21-13)14-4-6-15(20)7-5-14/h4-7,24H,2-3,8-12H2,1H3. The van der Waals surface area contributed by atoms with Crippen LogP contribution in [0.1, 0.15) is 24.1 Å². The van der Waals surface area contributed by atoms with E-state index < -0.39 is 0 Å². The molecule has 0 spiro atoms. The lowest BCUT2D eigenvalue weighted by molar-refractivity contribution is -0.130. The quantitative estimate of drug-likeness (QED) is 0.867. The largest absolute Gasteiger partial charge is 0.396 e. The number of hydrogen-bond acceptors (Lipinski definition) is 4. The van der Waals surface area contributed by atoms with Gasteiger partial charge < -0.3 is 10.0 Å². The number of nitrogens with zero attached hydrogens (tertiary/aromatic N) is 3. The number of aryl methyl sites for hydroxylation is 1. The molecule has 1 aromatic heterocycles. The summed E-state index contributed by atoms with van der Waals surface area (Å²) in [7, 11) is 0. The van der Waals surface area contributed by atoms with E-state index in [1.165, 1.54) is 4.57 Å². The van der Waals surface area contributed by atoms with Crippen LogP contribution in [0.4, 0.5) is 0 Å². The van der Waals surface area contributed by atoms with Gasteiger partial charge in [-0.05, 0) is 44.0 Å². The van der Waals surface area contributed by atoms with Crippen molar-refractivity contribution in [3.63, 3.8) is 0 Å². The summed E-state index contributed by atoms with van der Waals surface area (Å²) in [6.07, 6.45) is 2.20. The Morgan fingerprint density at radius 3 is 2.50 bits per heavy atom. The molecule has 1 saturated heterocycles. The molecule has 2 aromatic rings. The van der Waals surface area contributed by atoms with Crippen molar-refractivity contribution < 1.29 is 9.90 Å². The van der Waals surface area contributed by atoms with Gasteiger partial charge in [-0.2, -0.15) is 0 Å². The van der Waals surface area contributed by atoms with Gasteiger partial charge in [0.25, 0.3) is 5.56 Å². The van der Waals surface area contributed by atoms with Crippen molar-refractivity contribution in [1.29, 1.82) is 0 Å². The molecule has 0 bridgehead atoms. The van der Waals surface area contributed by atoms with Crippen molar-refractivity contribution >= 4 is 17.5 Å². The summed E-state index contributed by atoms with van der Waals surface area (Å²) in [5.41, 5.74) is 1.46. The number of benzene rings is 1. The van der Waals surface area contributed by atoms with E-state index in [0.717, 1.165) is 31.5 Å². The molecule has 0 radical (unpaired) electrons. The zero-order chi connectivity index (χ0) is 18.7. The molecule has 26 heavy (non-hydrogen) atoms. The van der Waals surface area contributed by atoms with Crippen molar-refractivity contribution in [3.05, 3.63) is 50.9 Å². The predicted molar refractivity (Wildman–Crippen MR) is 100 cm³/mol. The van der Waals surface area contributed by atoms with Crippen LogP contribution in [0.2, 0.25) is 5.02 Å². The van der Waals surface area contributed by atoms with Crippen molar-refractivity contribution in [2.24, 2.45) is 0 Å². The summed E-state index contributed by atoms with van der Waals surface area (Å²) in [6.45, 7) is 3.01. The van der Waals surface area contributed by atoms with Crippen LogP contribution in [-0.2, 0) is 17.8 Å². The molecule has 3 rings (SSSR count). The second kappa shape index (κ2) is 8.01. The van der Waals surface area contributed by atoms with E-state index in [-0.39, 0.29) is 31.0 Å². The molecule has 7 heteroatoms. The molecule has 0 saturated carbocycles. The molecule has 1 aromatic carbocycles. The van der Waals surface area contributed by atoms with E-state index in [0.29, 0.717) is 22.1 Å². The Kier molecular flexibility index (Phi) is 5.74. The van der Waals surface area contributed by atoms with Gasteiger partial charge in [-0.3, -0.25) is 14.2 Å². The lowest BCUT2D eigenvalue weighted by Gasteiger charge is -2.19. The Balaban J connectivity index is 2.08. The SMILES string of the molecule is Cc1nc(-c2ccc(Cl)cc2)n(CC(=O)N2CCCC2)c(=O)c1CCO. The molecule has 1 amide bonds. The highest BCUT2D eigenvalue weighted by molar-refractivity contribution is 6.30. The van der Waals surface area contributed by atoms with Gasteiger partial charge in [0, 0.05) is 48.0 Å². The molecule has 1 aliphatic heterocycles. The zero-order valence-corrected chi connectivity index (χ0v) is 15.5. The van der Waals surface area contributed by atoms with Crippen LogP contribution in [0.25, 0.3) is 11.4 Å². The molecule has 0 aliphatic carbocycles. The van der Waals surface area contributed by atoms with E-state index in [1.807, 2.05) is 0 Å². The topological polar surface area (TPSA) is 75.4 Å². The highest BCUT2D eigenvalue weighted by atomic mass is 35.5. The highest BCUT2D eigenvalue weighted by Gasteiger charge is 2.22. The van der Waals surface area contributed by atoms with Gasteiger partial charge in [0.1, 0.15) is 12.4 Å². The van der Waals surface area contributed by atoms with Crippen molar-refractivity contribution in [2.45, 2.75) is 32.7 Å². The predicted octanol–water partition coefficient (Wildman–Crippen LogP) is 2.03. The maximum absolute atomic E-state index is 13.0. The molecule has 1 N–H and O–H groups in total. The minimum Gasteiger partial charge on any atom is -0.396 e. The summed E-state index contributed by atoms with van der Waals surface area (Å²) < 4.78 is 1.42. The molecule has 2 heterocycles. The number of halogens is 1. The fourth-order valence-electron chi connectivity index (χ4n) is 3.27. The van der Waals surface area contributed by atoms with E-state index in [4.69, 9.17) is 11.6 Å². The lowest BCUT2D eigenvalue weighted by atomic mass is 10.1. The third-order valence-corrected chi connectivity index (χ3v) is 4.94. The van der Waals surface area contributed by atoms with Gasteiger partial charge in [-0.25, -0.2) is 4.98 Å². The van der Waals surface area contributed by atoms with Crippen LogP contribution < -0.4 is 5.56 Å². The Hall–Kier alpha value is -2.18. The van der Waals surface area contributed by atoms with Gasteiger partial charge in [0.2, 0.25) is 5.91 Å². The molecule has 0 atom stereocenters. The Labute approximate surface area is 157 Å². The van der Waals surface area contributed by atoms with Gasteiger partial charge in [0.15, 0.2) is 0 Å². The summed E-state index contributed by atoms with van der Waals surface area (Å²) in [5, 5.41) is 9.85. The third kappa shape index (κ3) is 3.81. The van der Waals surface area contributed by atoms with Crippen molar-refractivity contribution in [1.82, 2.24) is 14.5 Å². The van der Waals surface area contributed by atoms with Crippen LogP contribution >= 0.6 is 11.6 Å². The van der Waals surface area contributed by atoms with Crippen molar-refractivity contribution in [3.8, 4) is 11.4 Å². The molecule has 1 aliphatic rings. The first-order chi connectivity index (χ1) is 12.5. The minimum absolute atomic E-state index is 0.0531. The smallest absolute Gasteiger partial charge is 0.257 e. The van der Waals surface area contributed by atoms with Gasteiger partial charge in [-0.15, -0.1) is 0 Å². The van der Waals surface area contributed by atoms with Crippen LogP contribution in [0.5, 0.6) is 0 Å². The van der Waals surface area contributed by atoms with E-state index >= 15 is 0 Å². The summed E-state index contributed by atoms with van der Waals surface area (Å²) in [4.78, 5) is 32.0. The van der Waals surface area contributed by atoms with E-state index in [2.05, 4.69) is 4.98 Å².